The average molecular weight is 511 g/mol. The molecule has 0 bridgehead atoms. The lowest BCUT2D eigenvalue weighted by Gasteiger charge is -2.16. The van der Waals surface area contributed by atoms with Crippen LogP contribution in [0.5, 0.6) is 0 Å². The Hall–Kier alpha value is -4.18. The third-order valence-electron chi connectivity index (χ3n) is 5.56. The van der Waals surface area contributed by atoms with E-state index in [0.29, 0.717) is 22.2 Å². The molecule has 0 radical (unpaired) electrons. The summed E-state index contributed by atoms with van der Waals surface area (Å²) in [4.78, 5) is 28.9. The first-order chi connectivity index (χ1) is 17.0. The van der Waals surface area contributed by atoms with Crippen LogP contribution in [-0.4, -0.2) is 42.7 Å². The second-order valence-corrected chi connectivity index (χ2v) is 10.2. The number of rotatable bonds is 7. The number of carbonyl (C=O) groups is 2. The molecule has 3 aromatic carbocycles. The van der Waals surface area contributed by atoms with Crippen LogP contribution in [0.2, 0.25) is 0 Å². The molecule has 0 spiro atoms. The van der Waals surface area contributed by atoms with Gasteiger partial charge in [0.25, 0.3) is 5.91 Å². The maximum atomic E-state index is 13.9. The minimum Gasteiger partial charge on any atom is -0.480 e. The van der Waals surface area contributed by atoms with Crippen molar-refractivity contribution in [3.63, 3.8) is 0 Å². The lowest BCUT2D eigenvalue weighted by Crippen LogP contribution is -2.42. The predicted octanol–water partition coefficient (Wildman–Crippen LogP) is 4.01. The number of carboxylic acids is 1. The molecule has 0 aliphatic rings. The number of halogens is 2. The predicted molar refractivity (Wildman–Crippen MR) is 129 cm³/mol. The summed E-state index contributed by atoms with van der Waals surface area (Å²) in [6.45, 7) is 0. The van der Waals surface area contributed by atoms with Crippen molar-refractivity contribution in [1.82, 2.24) is 10.3 Å². The van der Waals surface area contributed by atoms with E-state index in [4.69, 9.17) is 0 Å². The van der Waals surface area contributed by atoms with Crippen molar-refractivity contribution in [1.29, 1.82) is 0 Å². The smallest absolute Gasteiger partial charge is 0.326 e. The van der Waals surface area contributed by atoms with Crippen molar-refractivity contribution < 1.29 is 31.9 Å². The van der Waals surface area contributed by atoms with Gasteiger partial charge in [-0.2, -0.15) is 0 Å². The molecule has 1 aromatic heterocycles. The van der Waals surface area contributed by atoms with Gasteiger partial charge in [-0.1, -0.05) is 30.3 Å². The minimum absolute atomic E-state index is 0.123. The van der Waals surface area contributed by atoms with Crippen LogP contribution in [0.4, 0.5) is 8.78 Å². The number of sulfone groups is 1. The third kappa shape index (κ3) is 5.38. The molecule has 0 aliphatic heterocycles. The van der Waals surface area contributed by atoms with Crippen molar-refractivity contribution in [2.45, 2.75) is 17.4 Å². The molecule has 0 saturated carbocycles. The summed E-state index contributed by atoms with van der Waals surface area (Å²) >= 11 is 0. The van der Waals surface area contributed by atoms with Crippen LogP contribution in [0.3, 0.4) is 0 Å². The van der Waals surface area contributed by atoms with E-state index in [1.54, 1.807) is 42.5 Å². The minimum atomic E-state index is -3.31. The Labute approximate surface area is 205 Å². The van der Waals surface area contributed by atoms with Crippen LogP contribution in [0, 0.1) is 11.6 Å². The fourth-order valence-corrected chi connectivity index (χ4v) is 4.35. The van der Waals surface area contributed by atoms with Gasteiger partial charge in [0.2, 0.25) is 0 Å². The molecular weight excluding hydrogens is 490 g/mol. The molecule has 0 saturated heterocycles. The topological polar surface area (TPSA) is 113 Å². The van der Waals surface area contributed by atoms with Crippen LogP contribution >= 0.6 is 0 Å². The molecule has 1 amide bonds. The number of carboxylic acid groups (broad SMARTS) is 1. The first-order valence-electron chi connectivity index (χ1n) is 10.7. The number of hydrogen-bond acceptors (Lipinski definition) is 5. The highest BCUT2D eigenvalue weighted by Gasteiger charge is 2.25. The van der Waals surface area contributed by atoms with Crippen molar-refractivity contribution >= 4 is 32.6 Å². The van der Waals surface area contributed by atoms with E-state index in [-0.39, 0.29) is 11.3 Å². The highest BCUT2D eigenvalue weighted by molar-refractivity contribution is 7.90. The maximum Gasteiger partial charge on any atom is 0.326 e. The van der Waals surface area contributed by atoms with Gasteiger partial charge in [0.05, 0.1) is 16.1 Å². The zero-order valence-corrected chi connectivity index (χ0v) is 19.7. The quantitative estimate of drug-likeness (QED) is 0.389. The van der Waals surface area contributed by atoms with E-state index in [2.05, 4.69) is 10.3 Å². The maximum absolute atomic E-state index is 13.9. The first-order valence-corrected chi connectivity index (χ1v) is 12.6. The average Bonchev–Trinajstić information content (AvgIpc) is 2.82. The highest BCUT2D eigenvalue weighted by atomic mass is 32.2. The van der Waals surface area contributed by atoms with Crippen molar-refractivity contribution in [3.05, 3.63) is 95.6 Å². The summed E-state index contributed by atoms with van der Waals surface area (Å²) in [7, 11) is -3.31. The van der Waals surface area contributed by atoms with Crippen LogP contribution in [0.1, 0.15) is 15.9 Å². The molecule has 2 N–H and O–H groups in total. The molecule has 36 heavy (non-hydrogen) atoms. The fourth-order valence-electron chi connectivity index (χ4n) is 3.72. The zero-order chi connectivity index (χ0) is 26.0. The number of nitrogens with one attached hydrogen (secondary N) is 1. The number of amides is 1. The summed E-state index contributed by atoms with van der Waals surface area (Å²) in [5, 5.41) is 12.4. The summed E-state index contributed by atoms with van der Waals surface area (Å²) in [6, 6.07) is 16.4. The summed E-state index contributed by atoms with van der Waals surface area (Å²) in [5.41, 5.74) is 1.69. The van der Waals surface area contributed by atoms with Crippen LogP contribution in [0.15, 0.2) is 77.7 Å². The molecule has 1 heterocycles. The van der Waals surface area contributed by atoms with Gasteiger partial charge >= 0.3 is 5.97 Å². The lowest BCUT2D eigenvalue weighted by molar-refractivity contribution is -0.139. The van der Waals surface area contributed by atoms with Gasteiger partial charge in [0.1, 0.15) is 23.2 Å². The summed E-state index contributed by atoms with van der Waals surface area (Å²) in [5.74, 6) is -4.69. The van der Waals surface area contributed by atoms with Gasteiger partial charge in [0, 0.05) is 23.6 Å². The third-order valence-corrected chi connectivity index (χ3v) is 6.69. The molecular formula is C26H20F2N2O5S. The molecule has 0 aliphatic carbocycles. The van der Waals surface area contributed by atoms with Gasteiger partial charge in [-0.05, 0) is 48.0 Å². The van der Waals surface area contributed by atoms with Gasteiger partial charge in [0.15, 0.2) is 9.84 Å². The molecule has 0 fully saturated rings. The second kappa shape index (κ2) is 9.82. The molecule has 7 nitrogen and oxygen atoms in total. The molecule has 10 heteroatoms. The van der Waals surface area contributed by atoms with Gasteiger partial charge in [-0.15, -0.1) is 0 Å². The summed E-state index contributed by atoms with van der Waals surface area (Å²) in [6.07, 6.45) is 1.01. The van der Waals surface area contributed by atoms with Crippen LogP contribution in [-0.2, 0) is 21.1 Å². The Morgan fingerprint density at radius 2 is 1.64 bits per heavy atom. The van der Waals surface area contributed by atoms with Crippen molar-refractivity contribution in [3.8, 4) is 11.3 Å². The second-order valence-electron chi connectivity index (χ2n) is 8.19. The molecule has 1 atom stereocenters. The van der Waals surface area contributed by atoms with E-state index >= 15 is 0 Å². The molecule has 1 unspecified atom stereocenters. The number of aliphatic carboxylic acids is 1. The standard InChI is InChI=1S/C26H20F2N2O5S/c1-36(34,35)18-9-6-16(7-10-18)21-12-8-17-13-15(5-11-22(17)29-21)14-23(26(32)33)30-25(31)24-19(27)3-2-4-20(24)28/h2-13,23H,14H2,1H3,(H,30,31)(H,32,33). The Morgan fingerprint density at radius 3 is 2.25 bits per heavy atom. The van der Waals surface area contributed by atoms with E-state index in [9.17, 15) is 31.9 Å². The number of pyridine rings is 1. The fraction of sp³-hybridized carbons (Fsp3) is 0.115. The largest absolute Gasteiger partial charge is 0.480 e. The number of aromatic nitrogens is 1. The Bertz CT molecular complexity index is 1570. The number of benzene rings is 3. The SMILES string of the molecule is CS(=O)(=O)c1ccc(-c2ccc3cc(CC(NC(=O)c4c(F)cccc4F)C(=O)O)ccc3n2)cc1. The number of hydrogen-bond donors (Lipinski definition) is 2. The van der Waals surface area contributed by atoms with E-state index < -0.39 is 45.0 Å². The number of carbonyl (C=O) groups excluding carboxylic acids is 1. The van der Waals surface area contributed by atoms with Gasteiger partial charge in [-0.3, -0.25) is 4.79 Å². The molecule has 4 aromatic rings. The van der Waals surface area contributed by atoms with Crippen LogP contribution < -0.4 is 5.32 Å². The Kier molecular flexibility index (Phi) is 6.80. The van der Waals surface area contributed by atoms with Crippen molar-refractivity contribution in [2.24, 2.45) is 0 Å². The Morgan fingerprint density at radius 1 is 0.972 bits per heavy atom. The van der Waals surface area contributed by atoms with Crippen LogP contribution in [0.25, 0.3) is 22.2 Å². The van der Waals surface area contributed by atoms with E-state index in [1.807, 2.05) is 0 Å². The molecule has 4 rings (SSSR count). The number of nitrogens with zero attached hydrogens (tertiary/aromatic N) is 1. The van der Waals surface area contributed by atoms with E-state index in [0.717, 1.165) is 30.0 Å². The van der Waals surface area contributed by atoms with Crippen molar-refractivity contribution in [2.75, 3.05) is 6.26 Å². The number of fused-ring (bicyclic) bond motifs is 1. The normalized spacial score (nSPS) is 12.3. The van der Waals surface area contributed by atoms with Gasteiger partial charge < -0.3 is 10.4 Å². The molecule has 184 valence electrons. The zero-order valence-electron chi connectivity index (χ0n) is 18.9. The summed E-state index contributed by atoms with van der Waals surface area (Å²) < 4.78 is 51.1. The van der Waals surface area contributed by atoms with Gasteiger partial charge in [-0.25, -0.2) is 27.0 Å². The first kappa shape index (κ1) is 24.9. The Balaban J connectivity index is 1.55. The van der Waals surface area contributed by atoms with E-state index in [1.165, 1.54) is 12.1 Å². The lowest BCUT2D eigenvalue weighted by atomic mass is 10.0. The monoisotopic (exact) mass is 510 g/mol. The highest BCUT2D eigenvalue weighted by Crippen LogP contribution is 2.24.